The molecule has 1 aromatic carbocycles. The Bertz CT molecular complexity index is 1900. The number of esters is 1. The zero-order chi connectivity index (χ0) is 68.2. The number of amides is 3. The molecule has 0 spiro atoms. The van der Waals surface area contributed by atoms with Crippen LogP contribution in [0.25, 0.3) is 0 Å². The molecule has 526 valence electrons. The molecular formula is C71H133N5O14. The first kappa shape index (κ1) is 90.0. The third-order valence-electron chi connectivity index (χ3n) is 15.6. The number of methoxy groups -OCH3 is 2. The number of ketones is 2. The fourth-order valence-corrected chi connectivity index (χ4v) is 10.1. The summed E-state index contributed by atoms with van der Waals surface area (Å²) in [7, 11) is 4.62. The molecule has 0 aliphatic carbocycles. The smallest absolute Gasteiger partial charge is 0.332 e. The van der Waals surface area contributed by atoms with Crippen molar-refractivity contribution in [2.75, 3.05) is 47.6 Å². The van der Waals surface area contributed by atoms with Gasteiger partial charge in [-0.05, 0) is 89.2 Å². The van der Waals surface area contributed by atoms with Gasteiger partial charge in [-0.2, -0.15) is 0 Å². The van der Waals surface area contributed by atoms with Crippen molar-refractivity contribution in [2.45, 2.75) is 309 Å². The number of ether oxygens (including phenoxy) is 2. The Morgan fingerprint density at radius 2 is 0.978 bits per heavy atom. The van der Waals surface area contributed by atoms with Crippen molar-refractivity contribution in [3.8, 4) is 0 Å². The maximum atomic E-state index is 12.5. The predicted molar refractivity (Wildman–Crippen MR) is 364 cm³/mol. The van der Waals surface area contributed by atoms with E-state index in [1.54, 1.807) is 21.1 Å². The second kappa shape index (κ2) is 63.6. The Morgan fingerprint density at radius 3 is 1.39 bits per heavy atom. The number of carbonyl (C=O) groups excluding carboxylic acids is 6. The topological polar surface area (TPSA) is 316 Å². The van der Waals surface area contributed by atoms with E-state index < -0.39 is 30.1 Å². The summed E-state index contributed by atoms with van der Waals surface area (Å²) in [5, 5.41) is 68.9. The van der Waals surface area contributed by atoms with E-state index in [0.29, 0.717) is 58.0 Å². The van der Waals surface area contributed by atoms with Crippen LogP contribution < -0.4 is 27.0 Å². The lowest BCUT2D eigenvalue weighted by atomic mass is 9.91. The van der Waals surface area contributed by atoms with E-state index in [2.05, 4.69) is 65.8 Å². The molecule has 1 rings (SSSR count). The Morgan fingerprint density at radius 1 is 0.544 bits per heavy atom. The summed E-state index contributed by atoms with van der Waals surface area (Å²) in [5.41, 5.74) is 7.30. The minimum absolute atomic E-state index is 0.0100. The van der Waals surface area contributed by atoms with Crippen molar-refractivity contribution in [1.82, 2.24) is 21.3 Å². The Hall–Kier alpha value is -4.18. The van der Waals surface area contributed by atoms with Gasteiger partial charge in [0, 0.05) is 46.3 Å². The average Bonchev–Trinajstić information content (AvgIpc) is 3.69. The summed E-state index contributed by atoms with van der Waals surface area (Å²) in [6, 6.07) is 8.23. The molecule has 5 unspecified atom stereocenters. The minimum Gasteiger partial charge on any atom is -0.467 e. The summed E-state index contributed by atoms with van der Waals surface area (Å²) in [5.74, 6) is -1.45. The van der Waals surface area contributed by atoms with Crippen LogP contribution in [0.3, 0.4) is 0 Å². The zero-order valence-electron chi connectivity index (χ0n) is 58.0. The number of likely N-dealkylation sites (N-methyl/N-ethyl adjacent to an activating group) is 1. The van der Waals surface area contributed by atoms with E-state index in [1.807, 2.05) is 18.2 Å². The lowest BCUT2D eigenvalue weighted by Crippen LogP contribution is -2.41. The molecule has 0 saturated carbocycles. The van der Waals surface area contributed by atoms with Gasteiger partial charge in [-0.3, -0.25) is 24.0 Å². The SMILES string of the molecule is CCCCCCCC(O)/C=C/[C@H](NC(C)=O)C(=O)OC.CCCCCCCC(O)CC[C@@H](CO)NC(=O)[C@H](C)CC(=O)CNC.CCCCCCCC(O)CC[C@@H](CO)NC(C)=O.CCCCCCCC(O)CC[C@H](N)C(=O)CC(COC)Cc1ccccc1. The van der Waals surface area contributed by atoms with Crippen molar-refractivity contribution < 1.29 is 68.9 Å². The Labute approximate surface area is 545 Å². The van der Waals surface area contributed by atoms with Crippen molar-refractivity contribution >= 4 is 35.3 Å². The molecule has 19 nitrogen and oxygen atoms in total. The standard InChI is InChI=1S/C23H39NO3.C19H38N2O4.C15H27NO4.C14H29NO3/c1-3-4-5-6-10-13-21(25)14-15-22(24)23(26)17-20(18-27-2)16-19-11-8-7-9-12-19;1-4-5-6-7-8-9-17(23)11-10-16(14-22)21-19(25)15(2)12-18(24)13-20-3;1-4-5-6-7-8-9-13(18)10-11-14(15(19)20-3)16-12(2)17;1-3-4-5-6-7-8-14(18)10-9-13(11-16)15-12(2)17/h7-9,11-12,20-22,25H,3-6,10,13-18,24H2,1-2H3;15-17,20,22-23H,4-14H2,1-3H3,(H,21,25);10-11,13-14,18H,4-9H2,1-3H3,(H,16,17);13-14,16,18H,3-11H2,1-2H3,(H,15,17)/b;;11-10+;/t20?,21?,22-;15-,16+,17?;13?,14-;13-,14?/m0100/s1. The maximum Gasteiger partial charge on any atom is 0.332 e. The molecule has 0 bridgehead atoms. The number of nitrogens with two attached hydrogens (primary N) is 1. The third kappa shape index (κ3) is 57.7. The van der Waals surface area contributed by atoms with Gasteiger partial charge >= 0.3 is 5.97 Å². The molecule has 0 aliphatic rings. The van der Waals surface area contributed by atoms with Gasteiger partial charge in [0.05, 0.1) is 69.4 Å². The van der Waals surface area contributed by atoms with E-state index in [4.69, 9.17) is 15.6 Å². The highest BCUT2D eigenvalue weighted by atomic mass is 16.5. The van der Waals surface area contributed by atoms with E-state index >= 15 is 0 Å². The number of hydrogen-bond donors (Lipinski definition) is 11. The monoisotopic (exact) mass is 1280 g/mol. The number of unbranched alkanes of at least 4 members (excludes halogenated alkanes) is 16. The molecule has 10 atom stereocenters. The number of nitrogens with one attached hydrogen (secondary N) is 4. The number of rotatable bonds is 53. The largest absolute Gasteiger partial charge is 0.467 e. The van der Waals surface area contributed by atoms with Crippen molar-refractivity contribution in [3.05, 3.63) is 48.0 Å². The Balaban J connectivity index is -0.00000114. The maximum absolute atomic E-state index is 12.5. The van der Waals surface area contributed by atoms with Gasteiger partial charge in [0.15, 0.2) is 0 Å². The van der Waals surface area contributed by atoms with Gasteiger partial charge in [-0.1, -0.05) is 206 Å². The fourth-order valence-electron chi connectivity index (χ4n) is 10.1. The summed E-state index contributed by atoms with van der Waals surface area (Å²) in [6.45, 7) is 13.8. The molecule has 0 radical (unpaired) electrons. The Kier molecular flexibility index (Phi) is 63.6. The van der Waals surface area contributed by atoms with Gasteiger partial charge in [0.1, 0.15) is 17.6 Å². The van der Waals surface area contributed by atoms with E-state index in [0.717, 1.165) is 64.2 Å². The quantitative estimate of drug-likeness (QED) is 0.0164. The van der Waals surface area contributed by atoms with Gasteiger partial charge < -0.3 is 67.1 Å². The number of aliphatic hydroxyl groups is 6. The summed E-state index contributed by atoms with van der Waals surface area (Å²) in [4.78, 5) is 69.4. The van der Waals surface area contributed by atoms with Crippen molar-refractivity contribution in [2.24, 2.45) is 17.6 Å². The van der Waals surface area contributed by atoms with E-state index in [9.17, 15) is 54.3 Å². The molecule has 0 heterocycles. The first-order valence-corrected chi connectivity index (χ1v) is 34.6. The highest BCUT2D eigenvalue weighted by molar-refractivity contribution is 5.88. The van der Waals surface area contributed by atoms with Crippen LogP contribution in [0.2, 0.25) is 0 Å². The van der Waals surface area contributed by atoms with Crippen LogP contribution in [0.1, 0.15) is 259 Å². The second-order valence-electron chi connectivity index (χ2n) is 24.6. The van der Waals surface area contributed by atoms with E-state index in [-0.39, 0.29) is 91.8 Å². The van der Waals surface area contributed by atoms with Crippen LogP contribution in [0.5, 0.6) is 0 Å². The normalized spacial score (nSPS) is 14.5. The number of aliphatic hydroxyl groups excluding tert-OH is 6. The van der Waals surface area contributed by atoms with Crippen LogP contribution in [-0.2, 0) is 44.7 Å². The molecule has 0 fully saturated rings. The highest BCUT2D eigenvalue weighted by Gasteiger charge is 2.23. The number of carbonyl (C=O) groups is 6. The molecule has 1 aromatic rings. The minimum atomic E-state index is -0.841. The average molecular weight is 1280 g/mol. The molecule has 0 aromatic heterocycles. The van der Waals surface area contributed by atoms with Crippen LogP contribution >= 0.6 is 0 Å². The number of Topliss-reactive ketones (excluding diaryl/α,β-unsaturated/α-hetero) is 2. The zero-order valence-corrected chi connectivity index (χ0v) is 58.0. The third-order valence-corrected chi connectivity index (χ3v) is 15.6. The summed E-state index contributed by atoms with van der Waals surface area (Å²) in [6.07, 6.45) is 32.8. The first-order chi connectivity index (χ1) is 43.1. The van der Waals surface area contributed by atoms with Crippen molar-refractivity contribution in [3.63, 3.8) is 0 Å². The second-order valence-corrected chi connectivity index (χ2v) is 24.6. The number of hydrogen-bond acceptors (Lipinski definition) is 16. The molecular weight excluding hydrogens is 1150 g/mol. The van der Waals surface area contributed by atoms with Crippen LogP contribution in [0, 0.1) is 11.8 Å². The lowest BCUT2D eigenvalue weighted by Gasteiger charge is -2.20. The molecule has 90 heavy (non-hydrogen) atoms. The fraction of sp³-hybridized carbons (Fsp3) is 0.803. The van der Waals surface area contributed by atoms with E-state index in [1.165, 1.54) is 129 Å². The van der Waals surface area contributed by atoms with Crippen LogP contribution in [0.4, 0.5) is 0 Å². The molecule has 0 aliphatic heterocycles. The van der Waals surface area contributed by atoms with Crippen molar-refractivity contribution in [1.29, 1.82) is 0 Å². The summed E-state index contributed by atoms with van der Waals surface area (Å²) < 4.78 is 9.88. The van der Waals surface area contributed by atoms with Crippen LogP contribution in [-0.4, -0.2) is 162 Å². The first-order valence-electron chi connectivity index (χ1n) is 34.6. The van der Waals surface area contributed by atoms with Gasteiger partial charge in [0.25, 0.3) is 0 Å². The number of benzene rings is 1. The van der Waals surface area contributed by atoms with Gasteiger partial charge in [0.2, 0.25) is 17.7 Å². The molecule has 3 amide bonds. The predicted octanol–water partition coefficient (Wildman–Crippen LogP) is 9.99. The molecule has 12 N–H and O–H groups in total. The lowest BCUT2D eigenvalue weighted by molar-refractivity contribution is -0.143. The van der Waals surface area contributed by atoms with Gasteiger partial charge in [-0.25, -0.2) is 4.79 Å². The van der Waals surface area contributed by atoms with Gasteiger partial charge in [-0.15, -0.1) is 0 Å². The van der Waals surface area contributed by atoms with Crippen LogP contribution in [0.15, 0.2) is 42.5 Å². The highest BCUT2D eigenvalue weighted by Crippen LogP contribution is 2.18. The summed E-state index contributed by atoms with van der Waals surface area (Å²) >= 11 is 0. The molecule has 0 saturated heterocycles. The molecule has 19 heteroatoms.